The number of aliphatic imine (C=N–C) groups is 1. The first-order valence-electron chi connectivity index (χ1n) is 11.2. The summed E-state index contributed by atoms with van der Waals surface area (Å²) in [6.45, 7) is 3.20. The molecule has 3 amide bonds. The van der Waals surface area contributed by atoms with Crippen LogP contribution < -0.4 is 21.4 Å². The van der Waals surface area contributed by atoms with Gasteiger partial charge in [-0.2, -0.15) is 0 Å². The number of hydrogen-bond donors (Lipinski definition) is 5. The highest BCUT2D eigenvalue weighted by Gasteiger charge is 2.22. The molecular weight excluding hydrogens is 436 g/mol. The molecule has 5 N–H and O–H groups in total. The first-order valence-corrected chi connectivity index (χ1v) is 11.2. The van der Waals surface area contributed by atoms with Crippen molar-refractivity contribution in [1.82, 2.24) is 26.3 Å². The summed E-state index contributed by atoms with van der Waals surface area (Å²) < 4.78 is 0. The quantitative estimate of drug-likeness (QED) is 0.175. The van der Waals surface area contributed by atoms with Gasteiger partial charge >= 0.3 is 0 Å². The normalized spacial score (nSPS) is 13.4. The van der Waals surface area contributed by atoms with Crippen LogP contribution in [0.4, 0.5) is 0 Å². The molecule has 180 valence electrons. The molecule has 2 aromatic rings. The minimum Gasteiger partial charge on any atom is -0.361 e. The molecule has 3 rings (SSSR count). The van der Waals surface area contributed by atoms with Crippen LogP contribution in [0, 0.1) is 0 Å². The fraction of sp³-hybridized carbons (Fsp3) is 0.333. The lowest BCUT2D eigenvalue weighted by atomic mass is 10.0. The molecule has 0 unspecified atom stereocenters. The van der Waals surface area contributed by atoms with Crippen LogP contribution >= 0.6 is 0 Å². The molecular formula is C24H30N6O4. The average Bonchev–Trinajstić information content (AvgIpc) is 3.40. The van der Waals surface area contributed by atoms with Crippen LogP contribution in [0.2, 0.25) is 0 Å². The van der Waals surface area contributed by atoms with Crippen LogP contribution in [0.1, 0.15) is 16.8 Å². The molecule has 1 heterocycles. The van der Waals surface area contributed by atoms with Crippen molar-refractivity contribution in [2.75, 3.05) is 39.3 Å². The molecule has 0 fully saturated rings. The van der Waals surface area contributed by atoms with E-state index in [1.807, 2.05) is 48.8 Å². The van der Waals surface area contributed by atoms with Crippen LogP contribution in [-0.4, -0.2) is 79.5 Å². The van der Waals surface area contributed by atoms with Gasteiger partial charge in [0.1, 0.15) is 6.04 Å². The van der Waals surface area contributed by atoms with Crippen LogP contribution in [0.15, 0.2) is 59.6 Å². The van der Waals surface area contributed by atoms with Crippen molar-refractivity contribution in [2.24, 2.45) is 4.99 Å². The summed E-state index contributed by atoms with van der Waals surface area (Å²) in [6.07, 6.45) is 2.71. The second-order valence-electron chi connectivity index (χ2n) is 7.84. The molecule has 0 saturated heterocycles. The molecule has 1 aliphatic heterocycles. The molecule has 10 heteroatoms. The van der Waals surface area contributed by atoms with E-state index in [1.165, 1.54) is 5.48 Å². The molecule has 0 saturated carbocycles. The Balaban J connectivity index is 1.43. The Morgan fingerprint density at radius 2 is 1.76 bits per heavy atom. The Labute approximate surface area is 198 Å². The monoisotopic (exact) mass is 466 g/mol. The van der Waals surface area contributed by atoms with E-state index in [0.29, 0.717) is 12.1 Å². The van der Waals surface area contributed by atoms with Crippen molar-refractivity contribution in [3.05, 3.63) is 60.2 Å². The second-order valence-corrected chi connectivity index (χ2v) is 7.84. The van der Waals surface area contributed by atoms with E-state index in [4.69, 9.17) is 5.21 Å². The van der Waals surface area contributed by atoms with Crippen LogP contribution in [0.5, 0.6) is 0 Å². The lowest BCUT2D eigenvalue weighted by Gasteiger charge is -2.18. The van der Waals surface area contributed by atoms with Crippen molar-refractivity contribution >= 4 is 24.1 Å². The van der Waals surface area contributed by atoms with Gasteiger partial charge in [0.15, 0.2) is 0 Å². The highest BCUT2D eigenvalue weighted by atomic mass is 16.5. The van der Waals surface area contributed by atoms with Crippen LogP contribution in [0.3, 0.4) is 0 Å². The van der Waals surface area contributed by atoms with Crippen molar-refractivity contribution in [2.45, 2.75) is 12.5 Å². The summed E-state index contributed by atoms with van der Waals surface area (Å²) in [5.41, 5.74) is 3.86. The van der Waals surface area contributed by atoms with Gasteiger partial charge in [-0.1, -0.05) is 42.5 Å². The highest BCUT2D eigenvalue weighted by molar-refractivity contribution is 5.98. The van der Waals surface area contributed by atoms with Gasteiger partial charge < -0.3 is 20.9 Å². The zero-order chi connectivity index (χ0) is 24.2. The van der Waals surface area contributed by atoms with E-state index < -0.39 is 17.9 Å². The number of benzene rings is 2. The molecule has 2 aromatic carbocycles. The van der Waals surface area contributed by atoms with Gasteiger partial charge in [0.25, 0.3) is 11.8 Å². The van der Waals surface area contributed by atoms with Gasteiger partial charge in [-0.25, -0.2) is 5.48 Å². The van der Waals surface area contributed by atoms with Gasteiger partial charge in [0, 0.05) is 25.2 Å². The van der Waals surface area contributed by atoms with Gasteiger partial charge in [0.2, 0.25) is 5.91 Å². The maximum absolute atomic E-state index is 12.6. The Morgan fingerprint density at radius 1 is 1.03 bits per heavy atom. The highest BCUT2D eigenvalue weighted by Crippen LogP contribution is 2.19. The number of carbonyl (C=O) groups excluding carboxylic acids is 3. The maximum Gasteiger partial charge on any atom is 0.267 e. The van der Waals surface area contributed by atoms with Crippen molar-refractivity contribution in [3.63, 3.8) is 0 Å². The van der Waals surface area contributed by atoms with E-state index in [2.05, 4.69) is 25.8 Å². The van der Waals surface area contributed by atoms with E-state index >= 15 is 0 Å². The third-order valence-electron chi connectivity index (χ3n) is 5.34. The zero-order valence-electron chi connectivity index (χ0n) is 18.9. The number of amides is 3. The molecule has 0 spiro atoms. The predicted octanol–water partition coefficient (Wildman–Crippen LogP) is 0.397. The number of rotatable bonds is 12. The smallest absolute Gasteiger partial charge is 0.267 e. The van der Waals surface area contributed by atoms with Crippen LogP contribution in [-0.2, 0) is 9.59 Å². The molecule has 10 nitrogen and oxygen atoms in total. The van der Waals surface area contributed by atoms with Gasteiger partial charge in [0.05, 0.1) is 19.4 Å². The number of carbonyl (C=O) groups is 3. The average molecular weight is 467 g/mol. The number of hydroxylamine groups is 1. The van der Waals surface area contributed by atoms with E-state index in [1.54, 1.807) is 12.1 Å². The van der Waals surface area contributed by atoms with Crippen molar-refractivity contribution in [3.8, 4) is 11.1 Å². The first kappa shape index (κ1) is 24.9. The first-order chi connectivity index (χ1) is 16.6. The lowest BCUT2D eigenvalue weighted by Crippen LogP contribution is -2.52. The van der Waals surface area contributed by atoms with E-state index in [-0.39, 0.29) is 19.0 Å². The van der Waals surface area contributed by atoms with Gasteiger partial charge in [-0.15, -0.1) is 0 Å². The van der Waals surface area contributed by atoms with E-state index in [0.717, 1.165) is 37.2 Å². The Kier molecular flexibility index (Phi) is 9.56. The summed E-state index contributed by atoms with van der Waals surface area (Å²) in [7, 11) is 0. The maximum atomic E-state index is 12.6. The van der Waals surface area contributed by atoms with E-state index in [9.17, 15) is 14.4 Å². The largest absolute Gasteiger partial charge is 0.361 e. The second kappa shape index (κ2) is 13.1. The standard InChI is InChI=1S/C24H30N6O4/c31-22(16-25-11-4-13-30-14-12-26-17-30)27-15-21(24(33)29-34)28-23(32)20-9-7-19(8-10-20)18-5-2-1-3-6-18/h1-3,5-10,17,21,25,34H,4,11-16H2,(H,27,31)(H,28,32)(H,29,33)/t21-/m0/s1. The SMILES string of the molecule is O=C(CNCCCN1C=NCC1)NC[C@H](NC(=O)c1ccc(-c2ccccc2)cc1)C(=O)NO. The predicted molar refractivity (Wildman–Crippen MR) is 128 cm³/mol. The molecule has 34 heavy (non-hydrogen) atoms. The molecule has 0 aromatic heterocycles. The van der Waals surface area contributed by atoms with Gasteiger partial charge in [-0.3, -0.25) is 24.6 Å². The third kappa shape index (κ3) is 7.68. The Bertz CT molecular complexity index is 981. The zero-order valence-corrected chi connectivity index (χ0v) is 18.9. The number of nitrogens with one attached hydrogen (secondary N) is 4. The summed E-state index contributed by atoms with van der Waals surface area (Å²) in [6, 6.07) is 15.5. The number of hydrogen-bond acceptors (Lipinski definition) is 7. The molecule has 0 radical (unpaired) electrons. The fourth-order valence-corrected chi connectivity index (χ4v) is 3.45. The third-order valence-corrected chi connectivity index (χ3v) is 5.34. The Hall–Kier alpha value is -3.76. The summed E-state index contributed by atoms with van der Waals surface area (Å²) >= 11 is 0. The lowest BCUT2D eigenvalue weighted by molar-refractivity contribution is -0.131. The van der Waals surface area contributed by atoms with Crippen molar-refractivity contribution in [1.29, 1.82) is 0 Å². The topological polar surface area (TPSA) is 135 Å². The van der Waals surface area contributed by atoms with Crippen molar-refractivity contribution < 1.29 is 19.6 Å². The van der Waals surface area contributed by atoms with Crippen LogP contribution in [0.25, 0.3) is 11.1 Å². The minimum atomic E-state index is -1.13. The summed E-state index contributed by atoms with van der Waals surface area (Å²) in [5, 5.41) is 17.2. The minimum absolute atomic E-state index is 0.0798. The molecule has 1 atom stereocenters. The molecule has 0 bridgehead atoms. The molecule has 0 aliphatic carbocycles. The Morgan fingerprint density at radius 3 is 2.44 bits per heavy atom. The number of nitrogens with zero attached hydrogens (tertiary/aromatic N) is 2. The summed E-state index contributed by atoms with van der Waals surface area (Å²) in [5.74, 6) is -1.64. The fourth-order valence-electron chi connectivity index (χ4n) is 3.45. The van der Waals surface area contributed by atoms with Gasteiger partial charge in [-0.05, 0) is 36.2 Å². The summed E-state index contributed by atoms with van der Waals surface area (Å²) in [4.78, 5) is 43.0. The molecule has 1 aliphatic rings.